The molecule has 3 nitrogen and oxygen atoms in total. The average Bonchev–Trinajstić information content (AvgIpc) is 2.67. The van der Waals surface area contributed by atoms with Crippen molar-refractivity contribution in [3.05, 3.63) is 16.1 Å². The van der Waals surface area contributed by atoms with Gasteiger partial charge in [0.25, 0.3) is 0 Å². The highest BCUT2D eigenvalue weighted by Gasteiger charge is 2.38. The zero-order valence-electron chi connectivity index (χ0n) is 8.38. The molecule has 0 spiro atoms. The molecule has 1 aromatic rings. The Balaban J connectivity index is 2.24. The Hall–Kier alpha value is -0.660. The van der Waals surface area contributed by atoms with E-state index in [4.69, 9.17) is 10.5 Å². The summed E-state index contributed by atoms with van der Waals surface area (Å²) in [5.74, 6) is 0. The van der Waals surface area contributed by atoms with E-state index in [1.807, 2.05) is 0 Å². The zero-order chi connectivity index (χ0) is 11.8. The molecule has 2 heterocycles. The van der Waals surface area contributed by atoms with Crippen molar-refractivity contribution in [3.8, 4) is 0 Å². The highest BCUT2D eigenvalue weighted by molar-refractivity contribution is 7.11. The lowest BCUT2D eigenvalue weighted by Crippen LogP contribution is -2.43. The maximum absolute atomic E-state index is 12.4. The molecule has 1 unspecified atom stereocenters. The normalized spacial score (nSPS) is 27.0. The molecule has 90 valence electrons. The Morgan fingerprint density at radius 1 is 1.50 bits per heavy atom. The molecule has 0 radical (unpaired) electrons. The van der Waals surface area contributed by atoms with Crippen LogP contribution in [0.3, 0.4) is 0 Å². The Labute approximate surface area is 94.4 Å². The predicted molar refractivity (Wildman–Crippen MR) is 53.0 cm³/mol. The molecule has 2 rings (SSSR count). The number of nitrogens with zero attached hydrogens (tertiary/aromatic N) is 1. The van der Waals surface area contributed by atoms with Gasteiger partial charge in [0.1, 0.15) is 0 Å². The fraction of sp³-hybridized carbons (Fsp3) is 0.667. The maximum atomic E-state index is 12.4. The largest absolute Gasteiger partial charge is 0.443 e. The highest BCUT2D eigenvalue weighted by atomic mass is 32.1. The van der Waals surface area contributed by atoms with E-state index in [9.17, 15) is 13.2 Å². The van der Waals surface area contributed by atoms with E-state index in [1.165, 1.54) is 6.20 Å². The van der Waals surface area contributed by atoms with E-state index < -0.39 is 16.7 Å². The number of hydrogen-bond donors (Lipinski definition) is 1. The Morgan fingerprint density at radius 2 is 2.25 bits per heavy atom. The molecule has 16 heavy (non-hydrogen) atoms. The van der Waals surface area contributed by atoms with Crippen LogP contribution in [0.25, 0.3) is 0 Å². The predicted octanol–water partition coefficient (Wildman–Crippen LogP) is 2.13. The third-order valence-corrected chi connectivity index (χ3v) is 3.77. The fourth-order valence-electron chi connectivity index (χ4n) is 1.65. The molecule has 1 fully saturated rings. The number of alkyl halides is 3. The van der Waals surface area contributed by atoms with Gasteiger partial charge in [-0.25, -0.2) is 4.98 Å². The van der Waals surface area contributed by atoms with Gasteiger partial charge in [-0.3, -0.25) is 0 Å². The third kappa shape index (κ3) is 2.21. The second-order valence-corrected chi connectivity index (χ2v) is 4.87. The first-order valence-corrected chi connectivity index (χ1v) is 5.64. The van der Waals surface area contributed by atoms with Gasteiger partial charge in [-0.05, 0) is 12.8 Å². The van der Waals surface area contributed by atoms with Crippen molar-refractivity contribution in [2.24, 2.45) is 5.73 Å². The molecule has 0 amide bonds. The summed E-state index contributed by atoms with van der Waals surface area (Å²) in [5.41, 5.74) is 5.21. The van der Waals surface area contributed by atoms with Crippen molar-refractivity contribution >= 4 is 11.3 Å². The van der Waals surface area contributed by atoms with Crippen LogP contribution in [-0.2, 0) is 16.5 Å². The molecule has 1 saturated heterocycles. The third-order valence-electron chi connectivity index (χ3n) is 2.51. The van der Waals surface area contributed by atoms with Crippen LogP contribution in [0.15, 0.2) is 6.20 Å². The molecule has 0 bridgehead atoms. The van der Waals surface area contributed by atoms with Crippen LogP contribution < -0.4 is 5.73 Å². The van der Waals surface area contributed by atoms with Crippen LogP contribution in [-0.4, -0.2) is 18.2 Å². The minimum Gasteiger partial charge on any atom is -0.379 e. The van der Waals surface area contributed by atoms with Crippen molar-refractivity contribution < 1.29 is 17.9 Å². The summed E-state index contributed by atoms with van der Waals surface area (Å²) in [5, 5.41) is -0.849. The minimum atomic E-state index is -4.39. The number of halogens is 3. The van der Waals surface area contributed by atoms with E-state index in [0.717, 1.165) is 6.42 Å². The molecule has 0 aliphatic carbocycles. The van der Waals surface area contributed by atoms with Gasteiger partial charge in [0.2, 0.25) is 0 Å². The summed E-state index contributed by atoms with van der Waals surface area (Å²) in [6.07, 6.45) is -1.79. The van der Waals surface area contributed by atoms with Crippen LogP contribution in [0.2, 0.25) is 0 Å². The van der Waals surface area contributed by atoms with Gasteiger partial charge in [-0.1, -0.05) is 0 Å². The Kier molecular flexibility index (Phi) is 2.93. The summed E-state index contributed by atoms with van der Waals surface area (Å²) in [7, 11) is 0. The summed E-state index contributed by atoms with van der Waals surface area (Å²) in [4.78, 5) is 3.81. The summed E-state index contributed by atoms with van der Waals surface area (Å²) < 4.78 is 42.3. The van der Waals surface area contributed by atoms with E-state index in [0.29, 0.717) is 29.2 Å². The molecule has 0 aromatic carbocycles. The minimum absolute atomic E-state index is 0.256. The molecular formula is C9H11F3N2OS. The highest BCUT2D eigenvalue weighted by Crippen LogP contribution is 2.37. The number of aromatic nitrogens is 1. The van der Waals surface area contributed by atoms with E-state index in [2.05, 4.69) is 4.98 Å². The second kappa shape index (κ2) is 3.97. The fourth-order valence-corrected chi connectivity index (χ4v) is 2.54. The monoisotopic (exact) mass is 252 g/mol. The lowest BCUT2D eigenvalue weighted by Gasteiger charge is -2.31. The molecular weight excluding hydrogens is 241 g/mol. The second-order valence-electron chi connectivity index (χ2n) is 3.84. The van der Waals surface area contributed by atoms with Crippen molar-refractivity contribution in [1.82, 2.24) is 4.98 Å². The first kappa shape index (κ1) is 11.8. The topological polar surface area (TPSA) is 48.1 Å². The number of ether oxygens (including phenoxy) is 1. The summed E-state index contributed by atoms with van der Waals surface area (Å²) >= 11 is 0.604. The number of rotatable bonds is 1. The molecule has 1 aliphatic rings. The van der Waals surface area contributed by atoms with Crippen molar-refractivity contribution in [1.29, 1.82) is 0 Å². The number of hydrogen-bond acceptors (Lipinski definition) is 4. The first-order valence-electron chi connectivity index (χ1n) is 4.82. The van der Waals surface area contributed by atoms with Crippen LogP contribution >= 0.6 is 11.3 Å². The summed E-state index contributed by atoms with van der Waals surface area (Å²) in [6, 6.07) is 0. The Bertz CT molecular complexity index is 371. The van der Waals surface area contributed by atoms with Gasteiger partial charge in [0, 0.05) is 17.7 Å². The van der Waals surface area contributed by atoms with E-state index >= 15 is 0 Å². The lowest BCUT2D eigenvalue weighted by molar-refractivity contribution is -0.137. The van der Waals surface area contributed by atoms with Gasteiger partial charge in [-0.15, -0.1) is 11.3 Å². The summed E-state index contributed by atoms with van der Waals surface area (Å²) in [6.45, 7) is 0.871. The smallest absolute Gasteiger partial charge is 0.379 e. The van der Waals surface area contributed by atoms with Gasteiger partial charge in [0.05, 0.1) is 12.1 Å². The number of nitrogens with two attached hydrogens (primary N) is 1. The molecule has 0 saturated carbocycles. The number of thiazole rings is 1. The standard InChI is InChI=1S/C9H11F3N2OS/c10-9(11,12)7-14-4-6(16-7)8(13)2-1-3-15-5-8/h4H,1-3,5,13H2. The SMILES string of the molecule is NC1(c2cnc(C(F)(F)F)s2)CCCOC1. The van der Waals surface area contributed by atoms with Crippen molar-refractivity contribution in [2.75, 3.05) is 13.2 Å². The average molecular weight is 252 g/mol. The molecule has 1 atom stereocenters. The maximum Gasteiger partial charge on any atom is 0.443 e. The molecule has 1 aromatic heterocycles. The van der Waals surface area contributed by atoms with Crippen LogP contribution in [0.5, 0.6) is 0 Å². The van der Waals surface area contributed by atoms with Crippen LogP contribution in [0, 0.1) is 0 Å². The van der Waals surface area contributed by atoms with Crippen molar-refractivity contribution in [2.45, 2.75) is 24.6 Å². The first-order chi connectivity index (χ1) is 7.42. The van der Waals surface area contributed by atoms with Crippen molar-refractivity contribution in [3.63, 3.8) is 0 Å². The zero-order valence-corrected chi connectivity index (χ0v) is 9.20. The lowest BCUT2D eigenvalue weighted by atomic mass is 9.93. The van der Waals surface area contributed by atoms with Crippen LogP contribution in [0.4, 0.5) is 13.2 Å². The van der Waals surface area contributed by atoms with Gasteiger partial charge < -0.3 is 10.5 Å². The molecule has 1 aliphatic heterocycles. The van der Waals surface area contributed by atoms with Gasteiger partial charge in [-0.2, -0.15) is 13.2 Å². The van der Waals surface area contributed by atoms with E-state index in [1.54, 1.807) is 0 Å². The molecule has 2 N–H and O–H groups in total. The van der Waals surface area contributed by atoms with Gasteiger partial charge in [0.15, 0.2) is 5.01 Å². The van der Waals surface area contributed by atoms with Crippen LogP contribution in [0.1, 0.15) is 22.7 Å². The Morgan fingerprint density at radius 3 is 2.75 bits per heavy atom. The molecule has 7 heteroatoms. The van der Waals surface area contributed by atoms with E-state index in [-0.39, 0.29) is 6.61 Å². The quantitative estimate of drug-likeness (QED) is 0.833. The van der Waals surface area contributed by atoms with Gasteiger partial charge >= 0.3 is 6.18 Å².